The molecule has 29 heavy (non-hydrogen) atoms. The summed E-state index contributed by atoms with van der Waals surface area (Å²) < 4.78 is 1.85. The second-order valence-electron chi connectivity index (χ2n) is 6.61. The standard InChI is InChI=1S/C23H18N4OS/c1-26(23(28)18-11-9-17(14-24)10-12-18)15-19-16-27(20-6-3-2-4-7-20)25-22(19)21-8-5-13-29-21/h2-13,16H,15H2,1H3. The van der Waals surface area contributed by atoms with Gasteiger partial charge in [0, 0.05) is 30.9 Å². The Morgan fingerprint density at radius 1 is 1.10 bits per heavy atom. The van der Waals surface area contributed by atoms with Crippen LogP contribution in [0.3, 0.4) is 0 Å². The Morgan fingerprint density at radius 3 is 2.52 bits per heavy atom. The van der Waals surface area contributed by atoms with Crippen molar-refractivity contribution in [3.63, 3.8) is 0 Å². The van der Waals surface area contributed by atoms with Gasteiger partial charge in [-0.1, -0.05) is 24.3 Å². The second-order valence-corrected chi connectivity index (χ2v) is 7.56. The van der Waals surface area contributed by atoms with Crippen molar-refractivity contribution in [1.82, 2.24) is 14.7 Å². The molecule has 4 aromatic rings. The normalized spacial score (nSPS) is 10.5. The van der Waals surface area contributed by atoms with Crippen LogP contribution >= 0.6 is 11.3 Å². The van der Waals surface area contributed by atoms with Gasteiger partial charge in [-0.05, 0) is 47.8 Å². The molecule has 2 aromatic heterocycles. The van der Waals surface area contributed by atoms with E-state index in [9.17, 15) is 4.79 Å². The van der Waals surface area contributed by atoms with Crippen LogP contribution in [0.5, 0.6) is 0 Å². The number of carbonyl (C=O) groups is 1. The number of nitrogens with zero attached hydrogens (tertiary/aromatic N) is 4. The molecule has 0 aliphatic rings. The first-order chi connectivity index (χ1) is 14.2. The van der Waals surface area contributed by atoms with Crippen LogP contribution in [0.25, 0.3) is 16.3 Å². The Kier molecular flexibility index (Phi) is 5.23. The van der Waals surface area contributed by atoms with E-state index in [4.69, 9.17) is 10.4 Å². The second kappa shape index (κ2) is 8.13. The Labute approximate surface area is 173 Å². The van der Waals surface area contributed by atoms with Gasteiger partial charge in [0.05, 0.1) is 22.2 Å². The molecule has 1 amide bonds. The molecule has 0 aliphatic carbocycles. The Bertz CT molecular complexity index is 1160. The number of carbonyl (C=O) groups excluding carboxylic acids is 1. The van der Waals surface area contributed by atoms with Gasteiger partial charge in [0.25, 0.3) is 5.91 Å². The van der Waals surface area contributed by atoms with Gasteiger partial charge in [-0.15, -0.1) is 11.3 Å². The average Bonchev–Trinajstić information content (AvgIpc) is 3.44. The van der Waals surface area contributed by atoms with E-state index in [1.807, 2.05) is 58.7 Å². The summed E-state index contributed by atoms with van der Waals surface area (Å²) in [7, 11) is 1.78. The maximum atomic E-state index is 12.8. The van der Waals surface area contributed by atoms with E-state index in [2.05, 4.69) is 6.07 Å². The molecule has 0 saturated carbocycles. The molecule has 0 radical (unpaired) electrons. The zero-order valence-corrected chi connectivity index (χ0v) is 16.6. The molecular weight excluding hydrogens is 380 g/mol. The van der Waals surface area contributed by atoms with Gasteiger partial charge in [0.1, 0.15) is 5.69 Å². The third-order valence-corrected chi connectivity index (χ3v) is 5.46. The first-order valence-corrected chi connectivity index (χ1v) is 9.97. The number of para-hydroxylation sites is 1. The van der Waals surface area contributed by atoms with Crippen molar-refractivity contribution in [2.24, 2.45) is 0 Å². The SMILES string of the molecule is CN(Cc1cn(-c2ccccc2)nc1-c1cccs1)C(=O)c1ccc(C#N)cc1. The Balaban J connectivity index is 1.64. The lowest BCUT2D eigenvalue weighted by Crippen LogP contribution is -2.26. The fraction of sp³-hybridized carbons (Fsp3) is 0.0870. The van der Waals surface area contributed by atoms with Gasteiger partial charge >= 0.3 is 0 Å². The predicted octanol–water partition coefficient (Wildman–Crippen LogP) is 4.74. The average molecular weight is 398 g/mol. The van der Waals surface area contributed by atoms with Gasteiger partial charge in [-0.2, -0.15) is 10.4 Å². The fourth-order valence-corrected chi connectivity index (χ4v) is 3.84. The molecule has 0 bridgehead atoms. The first-order valence-electron chi connectivity index (χ1n) is 9.09. The van der Waals surface area contributed by atoms with Crippen LogP contribution in [0.4, 0.5) is 0 Å². The van der Waals surface area contributed by atoms with E-state index < -0.39 is 0 Å². The van der Waals surface area contributed by atoms with Crippen LogP contribution in [-0.4, -0.2) is 27.6 Å². The summed E-state index contributed by atoms with van der Waals surface area (Å²) in [5, 5.41) is 15.7. The van der Waals surface area contributed by atoms with Gasteiger partial charge in [0.2, 0.25) is 0 Å². The molecule has 0 aliphatic heterocycles. The van der Waals surface area contributed by atoms with Gasteiger partial charge in [0.15, 0.2) is 0 Å². The summed E-state index contributed by atoms with van der Waals surface area (Å²) in [6.45, 7) is 0.429. The van der Waals surface area contributed by atoms with Gasteiger partial charge < -0.3 is 4.90 Å². The Morgan fingerprint density at radius 2 is 1.86 bits per heavy atom. The summed E-state index contributed by atoms with van der Waals surface area (Å²) in [4.78, 5) is 15.6. The fourth-order valence-electron chi connectivity index (χ4n) is 3.09. The molecule has 2 heterocycles. The lowest BCUT2D eigenvalue weighted by atomic mass is 10.1. The van der Waals surface area contributed by atoms with Crippen molar-refractivity contribution >= 4 is 17.2 Å². The lowest BCUT2D eigenvalue weighted by molar-refractivity contribution is 0.0785. The third kappa shape index (κ3) is 3.96. The van der Waals surface area contributed by atoms with Crippen molar-refractivity contribution in [3.8, 4) is 22.3 Å². The number of hydrogen-bond acceptors (Lipinski definition) is 4. The minimum atomic E-state index is -0.0981. The molecule has 0 atom stereocenters. The van der Waals surface area contributed by atoms with Crippen LogP contribution in [0, 0.1) is 11.3 Å². The molecule has 6 heteroatoms. The topological polar surface area (TPSA) is 61.9 Å². The molecule has 0 N–H and O–H groups in total. The molecule has 142 valence electrons. The number of aromatic nitrogens is 2. The van der Waals surface area contributed by atoms with E-state index in [0.717, 1.165) is 21.8 Å². The lowest BCUT2D eigenvalue weighted by Gasteiger charge is -2.17. The zero-order valence-electron chi connectivity index (χ0n) is 15.8. The number of benzene rings is 2. The largest absolute Gasteiger partial charge is 0.337 e. The van der Waals surface area contributed by atoms with E-state index >= 15 is 0 Å². The molecule has 0 spiro atoms. The van der Waals surface area contributed by atoms with Crippen LogP contribution in [0.2, 0.25) is 0 Å². The molecule has 0 saturated heterocycles. The summed E-state index contributed by atoms with van der Waals surface area (Å²) in [5.74, 6) is -0.0981. The quantitative estimate of drug-likeness (QED) is 0.488. The molecular formula is C23H18N4OS. The summed E-state index contributed by atoms with van der Waals surface area (Å²) in [6, 6.07) is 22.7. The number of hydrogen-bond donors (Lipinski definition) is 0. The van der Waals surface area contributed by atoms with Crippen molar-refractivity contribution in [2.75, 3.05) is 7.05 Å². The summed E-state index contributed by atoms with van der Waals surface area (Å²) in [6.07, 6.45) is 1.98. The zero-order chi connectivity index (χ0) is 20.2. The number of thiophene rings is 1. The molecule has 0 unspecified atom stereocenters. The van der Waals surface area contributed by atoms with E-state index in [1.165, 1.54) is 0 Å². The third-order valence-electron chi connectivity index (χ3n) is 4.58. The van der Waals surface area contributed by atoms with Gasteiger partial charge in [-0.3, -0.25) is 4.79 Å². The monoisotopic (exact) mass is 398 g/mol. The highest BCUT2D eigenvalue weighted by Gasteiger charge is 2.18. The van der Waals surface area contributed by atoms with Gasteiger partial charge in [-0.25, -0.2) is 4.68 Å². The molecule has 4 rings (SSSR count). The maximum absolute atomic E-state index is 12.8. The molecule has 0 fully saturated rings. The van der Waals surface area contributed by atoms with Crippen LogP contribution in [-0.2, 0) is 6.54 Å². The first kappa shape index (κ1) is 18.7. The summed E-state index contributed by atoms with van der Waals surface area (Å²) in [5.41, 5.74) is 3.91. The van der Waals surface area contributed by atoms with Crippen molar-refractivity contribution in [1.29, 1.82) is 5.26 Å². The molecule has 2 aromatic carbocycles. The van der Waals surface area contributed by atoms with Crippen LogP contribution in [0.15, 0.2) is 78.3 Å². The number of rotatable bonds is 5. The van der Waals surface area contributed by atoms with E-state index in [1.54, 1.807) is 47.5 Å². The van der Waals surface area contributed by atoms with E-state index in [0.29, 0.717) is 17.7 Å². The van der Waals surface area contributed by atoms with Crippen molar-refractivity contribution in [2.45, 2.75) is 6.54 Å². The minimum Gasteiger partial charge on any atom is -0.337 e. The maximum Gasteiger partial charge on any atom is 0.253 e. The molecule has 5 nitrogen and oxygen atoms in total. The van der Waals surface area contributed by atoms with Crippen LogP contribution < -0.4 is 0 Å². The highest BCUT2D eigenvalue weighted by atomic mass is 32.1. The smallest absolute Gasteiger partial charge is 0.253 e. The summed E-state index contributed by atoms with van der Waals surface area (Å²) >= 11 is 1.62. The highest BCUT2D eigenvalue weighted by molar-refractivity contribution is 7.13. The van der Waals surface area contributed by atoms with Crippen molar-refractivity contribution in [3.05, 3.63) is 95.0 Å². The number of nitriles is 1. The number of amides is 1. The predicted molar refractivity (Wildman–Crippen MR) is 114 cm³/mol. The van der Waals surface area contributed by atoms with E-state index in [-0.39, 0.29) is 5.91 Å². The van der Waals surface area contributed by atoms with Crippen LogP contribution in [0.1, 0.15) is 21.5 Å². The van der Waals surface area contributed by atoms with Crippen molar-refractivity contribution < 1.29 is 4.79 Å². The highest BCUT2D eigenvalue weighted by Crippen LogP contribution is 2.28. The minimum absolute atomic E-state index is 0.0981. The Hall–Kier alpha value is -3.69.